The summed E-state index contributed by atoms with van der Waals surface area (Å²) in [7, 11) is 0. The van der Waals surface area contributed by atoms with Crippen molar-refractivity contribution < 1.29 is 19.1 Å². The van der Waals surface area contributed by atoms with E-state index in [1.165, 1.54) is 0 Å². The fourth-order valence-corrected chi connectivity index (χ4v) is 1.63. The molecule has 1 rings (SSSR count). The van der Waals surface area contributed by atoms with E-state index in [2.05, 4.69) is 5.32 Å². The largest absolute Gasteiger partial charge is 0.473 e. The Balaban J connectivity index is 2.53. The lowest BCUT2D eigenvalue weighted by molar-refractivity contribution is 0.0321. The van der Waals surface area contributed by atoms with Crippen LogP contribution in [0.1, 0.15) is 26.3 Å². The Hall–Kier alpha value is -2.28. The molecule has 0 bridgehead atoms. The highest BCUT2D eigenvalue weighted by molar-refractivity contribution is 5.91. The van der Waals surface area contributed by atoms with Gasteiger partial charge in [0.1, 0.15) is 11.4 Å². The van der Waals surface area contributed by atoms with Crippen LogP contribution in [0.3, 0.4) is 0 Å². The Labute approximate surface area is 136 Å². The molecule has 0 radical (unpaired) electrons. The van der Waals surface area contributed by atoms with Gasteiger partial charge in [-0.25, -0.2) is 14.5 Å². The summed E-state index contributed by atoms with van der Waals surface area (Å²) in [5.41, 5.74) is 5.86. The normalized spacial score (nSPS) is 10.8. The molecule has 0 saturated heterocycles. The van der Waals surface area contributed by atoms with E-state index in [1.807, 2.05) is 19.1 Å². The highest BCUT2D eigenvalue weighted by Crippen LogP contribution is 2.11. The first-order chi connectivity index (χ1) is 10.7. The molecule has 1 aromatic rings. The molecule has 0 aliphatic heterocycles. The number of rotatable bonds is 5. The Morgan fingerprint density at radius 1 is 1.22 bits per heavy atom. The molecule has 0 aliphatic carbocycles. The molecule has 0 fully saturated rings. The number of carbonyl (C=O) groups is 2. The van der Waals surface area contributed by atoms with Crippen LogP contribution in [-0.2, 0) is 4.74 Å². The molecular weight excluding hydrogens is 298 g/mol. The van der Waals surface area contributed by atoms with Gasteiger partial charge in [-0.1, -0.05) is 17.7 Å². The number of carbonyl (C=O) groups excluding carboxylic acids is 2. The molecule has 0 aromatic heterocycles. The van der Waals surface area contributed by atoms with Crippen LogP contribution in [0.15, 0.2) is 24.3 Å². The molecule has 0 spiro atoms. The van der Waals surface area contributed by atoms with Gasteiger partial charge < -0.3 is 20.5 Å². The predicted molar refractivity (Wildman–Crippen MR) is 87.2 cm³/mol. The zero-order chi connectivity index (χ0) is 17.5. The third kappa shape index (κ3) is 7.01. The maximum absolute atomic E-state index is 12.1. The maximum atomic E-state index is 12.1. The molecule has 0 aliphatic rings. The van der Waals surface area contributed by atoms with Crippen molar-refractivity contribution in [3.05, 3.63) is 29.8 Å². The van der Waals surface area contributed by atoms with Crippen molar-refractivity contribution in [3.8, 4) is 5.75 Å². The number of urea groups is 1. The van der Waals surface area contributed by atoms with Crippen molar-refractivity contribution in [1.29, 1.82) is 0 Å². The molecule has 3 N–H and O–H groups in total. The first kappa shape index (κ1) is 18.8. The molecule has 0 saturated carbocycles. The second-order valence-corrected chi connectivity index (χ2v) is 6.00. The van der Waals surface area contributed by atoms with Crippen molar-refractivity contribution in [1.82, 2.24) is 10.2 Å². The second kappa shape index (κ2) is 8.38. The van der Waals surface area contributed by atoms with Gasteiger partial charge in [-0.05, 0) is 39.8 Å². The van der Waals surface area contributed by atoms with Crippen LogP contribution in [0.4, 0.5) is 9.59 Å². The fourth-order valence-electron chi connectivity index (χ4n) is 1.63. The number of hydrogen-bond acceptors (Lipinski definition) is 5. The minimum absolute atomic E-state index is 0.0608. The summed E-state index contributed by atoms with van der Waals surface area (Å²) < 4.78 is 10.6. The quantitative estimate of drug-likeness (QED) is 0.810. The number of nitrogens with zero attached hydrogens (tertiary/aromatic N) is 1. The van der Waals surface area contributed by atoms with Crippen LogP contribution in [0, 0.1) is 6.92 Å². The minimum Gasteiger partial charge on any atom is -0.473 e. The number of ether oxygens (including phenoxy) is 2. The van der Waals surface area contributed by atoms with E-state index < -0.39 is 17.7 Å². The predicted octanol–water partition coefficient (Wildman–Crippen LogP) is 2.24. The number of benzene rings is 1. The monoisotopic (exact) mass is 323 g/mol. The summed E-state index contributed by atoms with van der Waals surface area (Å²) in [6.07, 6.45) is -0.740. The molecule has 7 nitrogen and oxygen atoms in total. The molecule has 1 aromatic carbocycles. The van der Waals surface area contributed by atoms with E-state index in [0.29, 0.717) is 5.75 Å². The van der Waals surface area contributed by atoms with Gasteiger partial charge in [0.25, 0.3) is 0 Å². The third-order valence-electron chi connectivity index (χ3n) is 2.69. The van der Waals surface area contributed by atoms with E-state index in [1.54, 1.807) is 32.9 Å². The first-order valence-electron chi connectivity index (χ1n) is 7.41. The molecule has 0 heterocycles. The number of nitrogens with one attached hydrogen (secondary N) is 1. The average Bonchev–Trinajstić information content (AvgIpc) is 2.44. The Morgan fingerprint density at radius 2 is 1.83 bits per heavy atom. The highest BCUT2D eigenvalue weighted by Gasteiger charge is 2.26. The summed E-state index contributed by atoms with van der Waals surface area (Å²) >= 11 is 0. The van der Waals surface area contributed by atoms with E-state index >= 15 is 0 Å². The Kier molecular flexibility index (Phi) is 6.84. The number of amides is 3. The minimum atomic E-state index is -0.740. The molecule has 0 unspecified atom stereocenters. The summed E-state index contributed by atoms with van der Waals surface area (Å²) in [5, 5.41) is 2.51. The summed E-state index contributed by atoms with van der Waals surface area (Å²) in [6.45, 7) is 7.29. The van der Waals surface area contributed by atoms with Crippen LogP contribution in [-0.4, -0.2) is 42.4 Å². The molecule has 23 heavy (non-hydrogen) atoms. The van der Waals surface area contributed by atoms with Crippen LogP contribution in [0.2, 0.25) is 0 Å². The topological polar surface area (TPSA) is 93.9 Å². The molecule has 7 heteroatoms. The van der Waals surface area contributed by atoms with Gasteiger partial charge in [0.15, 0.2) is 6.73 Å². The first-order valence-corrected chi connectivity index (χ1v) is 7.41. The number of imide groups is 1. The SMILES string of the molecule is Cc1ccc(OCNC(=O)N(CCN)C(=O)OC(C)(C)C)cc1. The van der Waals surface area contributed by atoms with Crippen LogP contribution >= 0.6 is 0 Å². The van der Waals surface area contributed by atoms with Crippen LogP contribution in [0.5, 0.6) is 5.75 Å². The van der Waals surface area contributed by atoms with E-state index in [0.717, 1.165) is 10.5 Å². The summed E-state index contributed by atoms with van der Waals surface area (Å²) in [6, 6.07) is 6.79. The third-order valence-corrected chi connectivity index (χ3v) is 2.69. The van der Waals surface area contributed by atoms with Crippen molar-refractivity contribution in [3.63, 3.8) is 0 Å². The van der Waals surface area contributed by atoms with Crippen LogP contribution in [0.25, 0.3) is 0 Å². The average molecular weight is 323 g/mol. The summed E-state index contributed by atoms with van der Waals surface area (Å²) in [5.74, 6) is 0.624. The van der Waals surface area contributed by atoms with Gasteiger partial charge in [-0.2, -0.15) is 0 Å². The Bertz CT molecular complexity index is 523. The van der Waals surface area contributed by atoms with E-state index in [-0.39, 0.29) is 19.8 Å². The molecular formula is C16H25N3O4. The van der Waals surface area contributed by atoms with Gasteiger partial charge in [0.2, 0.25) is 0 Å². The smallest absolute Gasteiger partial charge is 0.418 e. The van der Waals surface area contributed by atoms with E-state index in [4.69, 9.17) is 15.2 Å². The lowest BCUT2D eigenvalue weighted by Crippen LogP contribution is -2.48. The standard InChI is InChI=1S/C16H25N3O4/c1-12-5-7-13(8-6-12)22-11-18-14(20)19(10-9-17)15(21)23-16(2,3)4/h5-8H,9-11,17H2,1-4H3,(H,18,20). The fraction of sp³-hybridized carbons (Fsp3) is 0.500. The molecule has 0 atom stereocenters. The lowest BCUT2D eigenvalue weighted by atomic mass is 10.2. The van der Waals surface area contributed by atoms with Gasteiger partial charge in [0.05, 0.1) is 0 Å². The highest BCUT2D eigenvalue weighted by atomic mass is 16.6. The van der Waals surface area contributed by atoms with Gasteiger partial charge in [-0.3, -0.25) is 0 Å². The molecule has 128 valence electrons. The maximum Gasteiger partial charge on any atom is 0.418 e. The van der Waals surface area contributed by atoms with Gasteiger partial charge in [-0.15, -0.1) is 0 Å². The van der Waals surface area contributed by atoms with Crippen molar-refractivity contribution in [2.45, 2.75) is 33.3 Å². The zero-order valence-corrected chi connectivity index (χ0v) is 14.1. The molecule has 3 amide bonds. The number of nitrogens with two attached hydrogens (primary N) is 1. The van der Waals surface area contributed by atoms with E-state index in [9.17, 15) is 9.59 Å². The number of aryl methyl sites for hydroxylation is 1. The van der Waals surface area contributed by atoms with Crippen molar-refractivity contribution >= 4 is 12.1 Å². The summed E-state index contributed by atoms with van der Waals surface area (Å²) in [4.78, 5) is 25.0. The zero-order valence-electron chi connectivity index (χ0n) is 14.1. The van der Waals surface area contributed by atoms with Crippen molar-refractivity contribution in [2.24, 2.45) is 5.73 Å². The number of hydrogen-bond donors (Lipinski definition) is 2. The Morgan fingerprint density at radius 3 is 2.35 bits per heavy atom. The lowest BCUT2D eigenvalue weighted by Gasteiger charge is -2.26. The second-order valence-electron chi connectivity index (χ2n) is 6.00. The van der Waals surface area contributed by atoms with Crippen molar-refractivity contribution in [2.75, 3.05) is 19.8 Å². The van der Waals surface area contributed by atoms with Crippen LogP contribution < -0.4 is 15.8 Å². The van der Waals surface area contributed by atoms with Gasteiger partial charge in [0, 0.05) is 13.1 Å². The van der Waals surface area contributed by atoms with Gasteiger partial charge >= 0.3 is 12.1 Å².